The van der Waals surface area contributed by atoms with E-state index in [-0.39, 0.29) is 5.91 Å². The molecule has 0 atom stereocenters. The van der Waals surface area contributed by atoms with Gasteiger partial charge in [-0.25, -0.2) is 4.98 Å². The molecule has 32 heavy (non-hydrogen) atoms. The van der Waals surface area contributed by atoms with Gasteiger partial charge in [0.2, 0.25) is 5.91 Å². The number of hydrogen-bond acceptors (Lipinski definition) is 5. The van der Waals surface area contributed by atoms with Crippen LogP contribution in [0.15, 0.2) is 84.5 Å². The Bertz CT molecular complexity index is 1210. The number of amides is 1. The fraction of sp³-hybridized carbons (Fsp3) is 0.0800. The molecule has 0 saturated carbocycles. The molecule has 0 aliphatic carbocycles. The first-order valence-corrected chi connectivity index (χ1v) is 11.2. The monoisotopic (exact) mass is 461 g/mol. The molecule has 1 amide bonds. The van der Waals surface area contributed by atoms with E-state index in [1.807, 2.05) is 66.0 Å². The number of ether oxygens (including phenoxy) is 1. The third-order valence-corrected chi connectivity index (χ3v) is 5.89. The van der Waals surface area contributed by atoms with E-state index >= 15 is 0 Å². The Balaban J connectivity index is 1.25. The molecular formula is C25H20ClN3O2S. The number of thiazole rings is 1. The zero-order valence-corrected chi connectivity index (χ0v) is 18.6. The van der Waals surface area contributed by atoms with Crippen molar-refractivity contribution in [3.63, 3.8) is 0 Å². The number of pyridine rings is 1. The Labute approximate surface area is 195 Å². The summed E-state index contributed by atoms with van der Waals surface area (Å²) < 4.78 is 5.78. The lowest BCUT2D eigenvalue weighted by Crippen LogP contribution is -2.20. The van der Waals surface area contributed by atoms with Gasteiger partial charge in [-0.3, -0.25) is 9.78 Å². The van der Waals surface area contributed by atoms with E-state index in [0.29, 0.717) is 18.2 Å². The van der Waals surface area contributed by atoms with Crippen LogP contribution >= 0.6 is 22.9 Å². The number of nitrogens with one attached hydrogen (secondary N) is 1. The minimum atomic E-state index is -0.178. The van der Waals surface area contributed by atoms with Crippen molar-refractivity contribution in [2.24, 2.45) is 0 Å². The molecule has 0 saturated heterocycles. The van der Waals surface area contributed by atoms with Crippen LogP contribution in [-0.4, -0.2) is 15.9 Å². The summed E-state index contributed by atoms with van der Waals surface area (Å²) in [6, 6.07) is 18.9. The van der Waals surface area contributed by atoms with Gasteiger partial charge < -0.3 is 10.1 Å². The van der Waals surface area contributed by atoms with E-state index in [9.17, 15) is 4.79 Å². The first kappa shape index (κ1) is 21.7. The highest BCUT2D eigenvalue weighted by atomic mass is 35.5. The summed E-state index contributed by atoms with van der Waals surface area (Å²) in [5, 5.41) is 6.39. The fourth-order valence-electron chi connectivity index (χ4n) is 2.88. The maximum absolute atomic E-state index is 12.2. The van der Waals surface area contributed by atoms with Crippen molar-refractivity contribution >= 4 is 34.9 Å². The lowest BCUT2D eigenvalue weighted by Gasteiger charge is -2.07. The minimum absolute atomic E-state index is 0.178. The van der Waals surface area contributed by atoms with E-state index in [1.54, 1.807) is 29.8 Å². The highest BCUT2D eigenvalue weighted by molar-refractivity contribution is 7.13. The summed E-state index contributed by atoms with van der Waals surface area (Å²) in [6.07, 6.45) is 6.74. The van der Waals surface area contributed by atoms with Crippen LogP contribution in [0, 0.1) is 0 Å². The average molecular weight is 462 g/mol. The van der Waals surface area contributed by atoms with Crippen molar-refractivity contribution in [1.29, 1.82) is 0 Å². The Morgan fingerprint density at radius 2 is 1.84 bits per heavy atom. The van der Waals surface area contributed by atoms with Gasteiger partial charge in [-0.15, -0.1) is 11.3 Å². The van der Waals surface area contributed by atoms with E-state index in [2.05, 4.69) is 15.3 Å². The number of nitrogens with zero attached hydrogens (tertiary/aromatic N) is 2. The molecule has 4 rings (SSSR count). The van der Waals surface area contributed by atoms with Crippen molar-refractivity contribution in [1.82, 2.24) is 15.3 Å². The molecule has 7 heteroatoms. The smallest absolute Gasteiger partial charge is 0.244 e. The molecule has 0 spiro atoms. The second-order valence-electron chi connectivity index (χ2n) is 6.88. The second-order valence-corrected chi connectivity index (χ2v) is 8.15. The predicted octanol–water partition coefficient (Wildman–Crippen LogP) is 5.77. The molecular weight excluding hydrogens is 442 g/mol. The summed E-state index contributed by atoms with van der Waals surface area (Å²) in [4.78, 5) is 20.7. The van der Waals surface area contributed by atoms with Crippen molar-refractivity contribution in [2.45, 2.75) is 13.2 Å². The lowest BCUT2D eigenvalue weighted by molar-refractivity contribution is -0.116. The summed E-state index contributed by atoms with van der Waals surface area (Å²) in [6.45, 7) is 0.774. The van der Waals surface area contributed by atoms with Gasteiger partial charge in [0.05, 0.1) is 12.2 Å². The van der Waals surface area contributed by atoms with Crippen LogP contribution in [0.4, 0.5) is 0 Å². The van der Waals surface area contributed by atoms with Gasteiger partial charge in [0.25, 0.3) is 0 Å². The first-order valence-electron chi connectivity index (χ1n) is 9.94. The Hall–Kier alpha value is -3.48. The molecule has 0 aliphatic heterocycles. The molecule has 0 aliphatic rings. The van der Waals surface area contributed by atoms with Gasteiger partial charge in [-0.2, -0.15) is 0 Å². The minimum Gasteiger partial charge on any atom is -0.489 e. The molecule has 0 radical (unpaired) electrons. The summed E-state index contributed by atoms with van der Waals surface area (Å²) in [5.41, 5.74) is 3.67. The van der Waals surface area contributed by atoms with Gasteiger partial charge in [0.1, 0.15) is 17.4 Å². The molecule has 5 nitrogen and oxygen atoms in total. The SMILES string of the molecule is O=C(/C=C/c1ccc(OCc2ccccc2Cl)cc1)NCc1csc(-c2ccncc2)n1. The van der Waals surface area contributed by atoms with Gasteiger partial charge in [-0.05, 0) is 42.0 Å². The molecule has 2 heterocycles. The van der Waals surface area contributed by atoms with Crippen LogP contribution in [0.2, 0.25) is 5.02 Å². The molecule has 2 aromatic carbocycles. The van der Waals surface area contributed by atoms with E-state index < -0.39 is 0 Å². The zero-order valence-electron chi connectivity index (χ0n) is 17.1. The normalized spacial score (nSPS) is 10.9. The molecule has 4 aromatic rings. The van der Waals surface area contributed by atoms with E-state index in [1.165, 1.54) is 6.08 Å². The summed E-state index contributed by atoms with van der Waals surface area (Å²) >= 11 is 7.69. The lowest BCUT2D eigenvalue weighted by atomic mass is 10.2. The number of rotatable bonds is 8. The summed E-state index contributed by atoms with van der Waals surface area (Å²) in [7, 11) is 0. The predicted molar refractivity (Wildman–Crippen MR) is 128 cm³/mol. The van der Waals surface area contributed by atoms with Crippen molar-refractivity contribution in [2.75, 3.05) is 0 Å². The Kier molecular flexibility index (Phi) is 7.27. The van der Waals surface area contributed by atoms with Crippen LogP contribution < -0.4 is 10.1 Å². The standard InChI is InChI=1S/C25H20ClN3O2S/c26-23-4-2-1-3-20(23)16-31-22-8-5-18(6-9-22)7-10-24(30)28-15-21-17-32-25(29-21)19-11-13-27-14-12-19/h1-14,17H,15-16H2,(H,28,30)/b10-7+. The highest BCUT2D eigenvalue weighted by Gasteiger charge is 2.05. The Morgan fingerprint density at radius 1 is 1.06 bits per heavy atom. The maximum Gasteiger partial charge on any atom is 0.244 e. The van der Waals surface area contributed by atoms with Crippen LogP contribution in [0.25, 0.3) is 16.6 Å². The number of hydrogen-bond donors (Lipinski definition) is 1. The molecule has 160 valence electrons. The van der Waals surface area contributed by atoms with Gasteiger partial charge >= 0.3 is 0 Å². The number of halogens is 1. The number of carbonyl (C=O) groups is 1. The molecule has 0 fully saturated rings. The number of aromatic nitrogens is 2. The molecule has 1 N–H and O–H groups in total. The molecule has 2 aromatic heterocycles. The van der Waals surface area contributed by atoms with Gasteiger partial charge in [-0.1, -0.05) is 41.9 Å². The largest absolute Gasteiger partial charge is 0.489 e. The highest BCUT2D eigenvalue weighted by Crippen LogP contribution is 2.23. The third-order valence-electron chi connectivity index (χ3n) is 4.58. The van der Waals surface area contributed by atoms with Crippen molar-refractivity contribution in [3.8, 4) is 16.3 Å². The Morgan fingerprint density at radius 3 is 2.62 bits per heavy atom. The third kappa shape index (κ3) is 6.03. The molecule has 0 unspecified atom stereocenters. The number of benzene rings is 2. The van der Waals surface area contributed by atoms with Crippen LogP contribution in [-0.2, 0) is 17.9 Å². The van der Waals surface area contributed by atoms with Gasteiger partial charge in [0.15, 0.2) is 0 Å². The topological polar surface area (TPSA) is 64.1 Å². The maximum atomic E-state index is 12.2. The quantitative estimate of drug-likeness (QED) is 0.338. The van der Waals surface area contributed by atoms with E-state index in [4.69, 9.17) is 16.3 Å². The zero-order chi connectivity index (χ0) is 22.2. The van der Waals surface area contributed by atoms with Crippen molar-refractivity contribution < 1.29 is 9.53 Å². The van der Waals surface area contributed by atoms with Crippen LogP contribution in [0.5, 0.6) is 5.75 Å². The average Bonchev–Trinajstić information content (AvgIpc) is 3.31. The molecule has 0 bridgehead atoms. The van der Waals surface area contributed by atoms with Crippen LogP contribution in [0.3, 0.4) is 0 Å². The summed E-state index contributed by atoms with van der Waals surface area (Å²) in [5.74, 6) is 0.558. The van der Waals surface area contributed by atoms with Crippen LogP contribution in [0.1, 0.15) is 16.8 Å². The second kappa shape index (κ2) is 10.7. The first-order chi connectivity index (χ1) is 15.7. The van der Waals surface area contributed by atoms with Crippen molar-refractivity contribution in [3.05, 3.63) is 106 Å². The van der Waals surface area contributed by atoms with Gasteiger partial charge in [0, 0.05) is 40.0 Å². The number of carbonyl (C=O) groups excluding carboxylic acids is 1. The van der Waals surface area contributed by atoms with E-state index in [0.717, 1.165) is 33.1 Å². The fourth-order valence-corrected chi connectivity index (χ4v) is 3.89.